The molecule has 0 spiro atoms. The molecular formula is C16H11Cl2N. The van der Waals surface area contributed by atoms with Gasteiger partial charge in [-0.1, -0.05) is 65.2 Å². The van der Waals surface area contributed by atoms with E-state index >= 15 is 0 Å². The summed E-state index contributed by atoms with van der Waals surface area (Å²) < 4.78 is 0. The molecule has 0 aliphatic rings. The van der Waals surface area contributed by atoms with Crippen LogP contribution >= 0.6 is 23.2 Å². The highest BCUT2D eigenvalue weighted by atomic mass is 35.5. The van der Waals surface area contributed by atoms with Crippen LogP contribution < -0.4 is 0 Å². The number of hydrogen-bond acceptors (Lipinski definition) is 1. The number of halogens is 2. The Morgan fingerprint density at radius 3 is 2.26 bits per heavy atom. The fourth-order valence-corrected chi connectivity index (χ4v) is 2.52. The van der Waals surface area contributed by atoms with Crippen molar-refractivity contribution in [2.24, 2.45) is 0 Å². The Morgan fingerprint density at radius 1 is 0.842 bits per heavy atom. The van der Waals surface area contributed by atoms with E-state index in [-0.39, 0.29) is 0 Å². The van der Waals surface area contributed by atoms with Gasteiger partial charge in [0, 0.05) is 17.0 Å². The van der Waals surface area contributed by atoms with Gasteiger partial charge in [0.1, 0.15) is 5.15 Å². The number of benzene rings is 2. The molecule has 0 atom stereocenters. The van der Waals surface area contributed by atoms with Crippen molar-refractivity contribution in [1.82, 2.24) is 4.98 Å². The molecule has 3 rings (SSSR count). The Hall–Kier alpha value is -1.57. The molecule has 3 aromatic rings. The van der Waals surface area contributed by atoms with E-state index in [1.807, 2.05) is 12.1 Å². The predicted octanol–water partition coefficient (Wildman–Crippen LogP) is 5.52. The number of rotatable bonds is 1. The van der Waals surface area contributed by atoms with E-state index in [9.17, 15) is 0 Å². The van der Waals surface area contributed by atoms with E-state index in [4.69, 9.17) is 23.2 Å². The highest BCUT2D eigenvalue weighted by Crippen LogP contribution is 2.31. The standard InChI is InChI=1S/C16H11Cl2N/c1-10-2-4-11(5-3-10)12-6-7-13-14(8-12)16(18)19-9-15(13)17/h2-9H,1H3. The summed E-state index contributed by atoms with van der Waals surface area (Å²) in [4.78, 5) is 4.09. The molecule has 1 aromatic heterocycles. The predicted molar refractivity (Wildman–Crippen MR) is 81.9 cm³/mol. The first kappa shape index (κ1) is 12.5. The van der Waals surface area contributed by atoms with Crippen LogP contribution in [-0.4, -0.2) is 4.98 Å². The first-order valence-electron chi connectivity index (χ1n) is 5.96. The Balaban J connectivity index is 2.21. The largest absolute Gasteiger partial charge is 0.242 e. The molecule has 3 heteroatoms. The third-order valence-corrected chi connectivity index (χ3v) is 3.78. The van der Waals surface area contributed by atoms with E-state index in [2.05, 4.69) is 42.2 Å². The molecular weight excluding hydrogens is 277 g/mol. The highest BCUT2D eigenvalue weighted by molar-refractivity contribution is 6.39. The van der Waals surface area contributed by atoms with Gasteiger partial charge in [-0.05, 0) is 24.1 Å². The van der Waals surface area contributed by atoms with Gasteiger partial charge in [-0.3, -0.25) is 0 Å². The van der Waals surface area contributed by atoms with E-state index in [0.29, 0.717) is 10.2 Å². The molecule has 1 nitrogen and oxygen atoms in total. The third-order valence-electron chi connectivity index (χ3n) is 3.18. The number of hydrogen-bond donors (Lipinski definition) is 0. The van der Waals surface area contributed by atoms with Crippen molar-refractivity contribution in [3.63, 3.8) is 0 Å². The van der Waals surface area contributed by atoms with E-state index in [1.165, 1.54) is 5.56 Å². The number of nitrogens with zero attached hydrogens (tertiary/aromatic N) is 1. The number of pyridine rings is 1. The van der Waals surface area contributed by atoms with E-state index in [1.54, 1.807) is 6.20 Å². The lowest BCUT2D eigenvalue weighted by molar-refractivity contribution is 1.36. The lowest BCUT2D eigenvalue weighted by Crippen LogP contribution is -1.84. The Labute approximate surface area is 121 Å². The van der Waals surface area contributed by atoms with Crippen LogP contribution in [0.25, 0.3) is 21.9 Å². The maximum atomic E-state index is 6.14. The fraction of sp³-hybridized carbons (Fsp3) is 0.0625. The van der Waals surface area contributed by atoms with Crippen LogP contribution in [0.4, 0.5) is 0 Å². The van der Waals surface area contributed by atoms with Gasteiger partial charge in [0.2, 0.25) is 0 Å². The quantitative estimate of drug-likeness (QED) is 0.537. The Morgan fingerprint density at radius 2 is 1.53 bits per heavy atom. The monoisotopic (exact) mass is 287 g/mol. The number of fused-ring (bicyclic) bond motifs is 1. The maximum Gasteiger partial charge on any atom is 0.136 e. The average Bonchev–Trinajstić information content (AvgIpc) is 2.43. The molecule has 0 saturated carbocycles. The molecule has 0 bridgehead atoms. The summed E-state index contributed by atoms with van der Waals surface area (Å²) in [5, 5.41) is 2.91. The summed E-state index contributed by atoms with van der Waals surface area (Å²) in [6, 6.07) is 14.5. The summed E-state index contributed by atoms with van der Waals surface area (Å²) in [6.07, 6.45) is 1.58. The van der Waals surface area contributed by atoms with Gasteiger partial charge in [0.25, 0.3) is 0 Å². The van der Waals surface area contributed by atoms with Crippen molar-refractivity contribution < 1.29 is 0 Å². The van der Waals surface area contributed by atoms with Crippen molar-refractivity contribution in [3.8, 4) is 11.1 Å². The minimum Gasteiger partial charge on any atom is -0.242 e. The average molecular weight is 288 g/mol. The number of aromatic nitrogens is 1. The van der Waals surface area contributed by atoms with E-state index in [0.717, 1.165) is 21.9 Å². The van der Waals surface area contributed by atoms with Crippen molar-refractivity contribution in [1.29, 1.82) is 0 Å². The third kappa shape index (κ3) is 2.32. The van der Waals surface area contributed by atoms with Gasteiger partial charge in [-0.25, -0.2) is 4.98 Å². The van der Waals surface area contributed by atoms with Crippen LogP contribution in [0.2, 0.25) is 10.2 Å². The zero-order valence-electron chi connectivity index (χ0n) is 10.3. The minimum absolute atomic E-state index is 0.480. The minimum atomic E-state index is 0.480. The van der Waals surface area contributed by atoms with Crippen LogP contribution in [0.15, 0.2) is 48.7 Å². The summed E-state index contributed by atoms with van der Waals surface area (Å²) in [7, 11) is 0. The molecule has 0 radical (unpaired) electrons. The maximum absolute atomic E-state index is 6.14. The second-order valence-corrected chi connectivity index (χ2v) is 5.29. The summed E-state index contributed by atoms with van der Waals surface area (Å²) in [5.41, 5.74) is 3.51. The molecule has 0 saturated heterocycles. The molecule has 0 unspecified atom stereocenters. The van der Waals surface area contributed by atoms with Crippen molar-refractivity contribution in [3.05, 3.63) is 64.4 Å². The fourth-order valence-electron chi connectivity index (χ4n) is 2.10. The second-order valence-electron chi connectivity index (χ2n) is 4.52. The van der Waals surface area contributed by atoms with Crippen LogP contribution in [0, 0.1) is 6.92 Å². The van der Waals surface area contributed by atoms with Gasteiger partial charge in [0.15, 0.2) is 0 Å². The van der Waals surface area contributed by atoms with Crippen molar-refractivity contribution in [2.45, 2.75) is 6.92 Å². The first-order valence-corrected chi connectivity index (χ1v) is 6.71. The normalized spacial score (nSPS) is 10.9. The van der Waals surface area contributed by atoms with Gasteiger partial charge in [-0.2, -0.15) is 0 Å². The molecule has 19 heavy (non-hydrogen) atoms. The summed E-state index contributed by atoms with van der Waals surface area (Å²) in [5.74, 6) is 0. The van der Waals surface area contributed by atoms with Crippen LogP contribution in [-0.2, 0) is 0 Å². The Kier molecular flexibility index (Phi) is 3.17. The topological polar surface area (TPSA) is 12.9 Å². The van der Waals surface area contributed by atoms with Crippen molar-refractivity contribution in [2.75, 3.05) is 0 Å². The lowest BCUT2D eigenvalue weighted by atomic mass is 10.0. The SMILES string of the molecule is Cc1ccc(-c2ccc3c(Cl)cnc(Cl)c3c2)cc1. The zero-order chi connectivity index (χ0) is 13.4. The lowest BCUT2D eigenvalue weighted by Gasteiger charge is -2.07. The molecule has 0 fully saturated rings. The molecule has 1 heterocycles. The van der Waals surface area contributed by atoms with Crippen LogP contribution in [0.5, 0.6) is 0 Å². The van der Waals surface area contributed by atoms with Crippen molar-refractivity contribution >= 4 is 34.0 Å². The molecule has 0 N–H and O–H groups in total. The highest BCUT2D eigenvalue weighted by Gasteiger charge is 2.06. The molecule has 0 aliphatic carbocycles. The smallest absolute Gasteiger partial charge is 0.136 e. The molecule has 0 aliphatic heterocycles. The molecule has 0 amide bonds. The van der Waals surface area contributed by atoms with Gasteiger partial charge < -0.3 is 0 Å². The van der Waals surface area contributed by atoms with Gasteiger partial charge >= 0.3 is 0 Å². The first-order chi connectivity index (χ1) is 9.15. The zero-order valence-corrected chi connectivity index (χ0v) is 11.8. The van der Waals surface area contributed by atoms with Gasteiger partial charge in [-0.15, -0.1) is 0 Å². The van der Waals surface area contributed by atoms with Gasteiger partial charge in [0.05, 0.1) is 5.02 Å². The molecule has 2 aromatic carbocycles. The summed E-state index contributed by atoms with van der Waals surface area (Å²) in [6.45, 7) is 2.07. The second kappa shape index (κ2) is 4.84. The Bertz CT molecular complexity index is 749. The van der Waals surface area contributed by atoms with Crippen LogP contribution in [0.1, 0.15) is 5.56 Å². The number of aryl methyl sites for hydroxylation is 1. The van der Waals surface area contributed by atoms with E-state index < -0.39 is 0 Å². The summed E-state index contributed by atoms with van der Waals surface area (Å²) >= 11 is 12.3. The van der Waals surface area contributed by atoms with Crippen LogP contribution in [0.3, 0.4) is 0 Å². The molecule has 94 valence electrons.